The molecule has 0 amide bonds. The molecule has 1 N–H and O–H groups in total. The zero-order chi connectivity index (χ0) is 47.1. The summed E-state index contributed by atoms with van der Waals surface area (Å²) >= 11 is 0. The number of unbranched alkanes of at least 4 members (excludes halogenated alkanes) is 14. The maximum absolute atomic E-state index is 12.8. The smallest absolute Gasteiger partial charge is 0.462 e. The lowest BCUT2D eigenvalue weighted by Gasteiger charge is -2.24. The first-order valence-electron chi connectivity index (χ1n) is 25.0. The minimum atomic E-state index is -4.39. The highest BCUT2D eigenvalue weighted by molar-refractivity contribution is 7.47. The SMILES string of the molecule is CC/C=C\C/C=C\C/C=C\C/C=C\CCCCCCCCCCC(=O)OC(COC(=O)CCCCCCCC/C=C\C/C=C\C/C=C\C/C=C\CC)COP(=O)(O)OCC[N+](C)(C)C. The maximum Gasteiger partial charge on any atom is 0.472 e. The second kappa shape index (κ2) is 45.1. The molecular formula is C54H93NO8P+. The van der Waals surface area contributed by atoms with Gasteiger partial charge in [0.2, 0.25) is 0 Å². The van der Waals surface area contributed by atoms with Crippen molar-refractivity contribution in [3.8, 4) is 0 Å². The van der Waals surface area contributed by atoms with Crippen molar-refractivity contribution in [1.29, 1.82) is 0 Å². The number of phosphoric ester groups is 1. The standard InChI is InChI=1S/C54H92NO8P/c1-6-8-10-12-14-16-18-20-22-24-26-27-29-31-33-35-37-39-41-43-45-47-54(57)63-52(51-62-64(58,59)61-49-48-55(3,4)5)50-60-53(56)46-44-42-40-38-36-34-32-30-28-25-23-21-19-17-15-13-11-9-7-2/h8-11,14-17,20-23,26-28,30,52H,6-7,12-13,18-19,24-25,29,31-51H2,1-5H3/p+1/b10-8-,11-9-,16-14-,17-15-,22-20-,23-21-,27-26-,30-28-. The first kappa shape index (κ1) is 60.9. The Labute approximate surface area is 392 Å². The average Bonchev–Trinajstić information content (AvgIpc) is 3.25. The fourth-order valence-electron chi connectivity index (χ4n) is 6.29. The largest absolute Gasteiger partial charge is 0.472 e. The van der Waals surface area contributed by atoms with Crippen LogP contribution < -0.4 is 0 Å². The summed E-state index contributed by atoms with van der Waals surface area (Å²) in [7, 11) is 1.45. The molecular weight excluding hydrogens is 822 g/mol. The number of allylic oxidation sites excluding steroid dienone is 16. The van der Waals surface area contributed by atoms with Crippen molar-refractivity contribution in [2.24, 2.45) is 0 Å². The number of rotatable bonds is 44. The van der Waals surface area contributed by atoms with E-state index in [0.717, 1.165) is 116 Å². The van der Waals surface area contributed by atoms with Crippen molar-refractivity contribution in [3.63, 3.8) is 0 Å². The number of nitrogens with zero attached hydrogens (tertiary/aromatic N) is 1. The van der Waals surface area contributed by atoms with Crippen molar-refractivity contribution in [3.05, 3.63) is 97.2 Å². The zero-order valence-electron chi connectivity index (χ0n) is 41.2. The lowest BCUT2D eigenvalue weighted by atomic mass is 10.1. The van der Waals surface area contributed by atoms with E-state index in [1.165, 1.54) is 25.7 Å². The Morgan fingerprint density at radius 1 is 0.484 bits per heavy atom. The van der Waals surface area contributed by atoms with Crippen molar-refractivity contribution in [2.45, 2.75) is 187 Å². The molecule has 2 unspecified atom stereocenters. The number of esters is 2. The van der Waals surface area contributed by atoms with Crippen LogP contribution in [-0.2, 0) is 32.7 Å². The normalized spacial score (nSPS) is 14.3. The van der Waals surface area contributed by atoms with E-state index in [4.69, 9.17) is 18.5 Å². The van der Waals surface area contributed by atoms with Crippen LogP contribution in [0.4, 0.5) is 0 Å². The van der Waals surface area contributed by atoms with Gasteiger partial charge < -0.3 is 18.9 Å². The summed E-state index contributed by atoms with van der Waals surface area (Å²) in [4.78, 5) is 35.6. The summed E-state index contributed by atoms with van der Waals surface area (Å²) < 4.78 is 34.4. The molecule has 0 saturated heterocycles. The van der Waals surface area contributed by atoms with Gasteiger partial charge in [0, 0.05) is 12.8 Å². The summed E-state index contributed by atoms with van der Waals surface area (Å²) in [5.74, 6) is -0.831. The first-order valence-corrected chi connectivity index (χ1v) is 26.5. The molecule has 0 aromatic carbocycles. The van der Waals surface area contributed by atoms with Gasteiger partial charge in [-0.05, 0) is 89.9 Å². The van der Waals surface area contributed by atoms with Crippen LogP contribution in [0.2, 0.25) is 0 Å². The zero-order valence-corrected chi connectivity index (χ0v) is 42.1. The molecule has 10 heteroatoms. The fourth-order valence-corrected chi connectivity index (χ4v) is 7.03. The van der Waals surface area contributed by atoms with Crippen molar-refractivity contribution >= 4 is 19.8 Å². The molecule has 366 valence electrons. The van der Waals surface area contributed by atoms with Crippen molar-refractivity contribution in [1.82, 2.24) is 0 Å². The van der Waals surface area contributed by atoms with E-state index in [0.29, 0.717) is 23.9 Å². The summed E-state index contributed by atoms with van der Waals surface area (Å²) in [5.41, 5.74) is 0. The van der Waals surface area contributed by atoms with Crippen LogP contribution in [0, 0.1) is 0 Å². The third-order valence-electron chi connectivity index (χ3n) is 10.1. The second-order valence-corrected chi connectivity index (χ2v) is 18.9. The Bertz CT molecular complexity index is 1400. The van der Waals surface area contributed by atoms with Gasteiger partial charge in [-0.3, -0.25) is 18.6 Å². The van der Waals surface area contributed by atoms with E-state index in [2.05, 4.69) is 111 Å². The van der Waals surface area contributed by atoms with E-state index in [1.807, 2.05) is 21.1 Å². The first-order chi connectivity index (χ1) is 31.0. The quantitative estimate of drug-likeness (QED) is 0.0212. The minimum absolute atomic E-state index is 0.0219. The summed E-state index contributed by atoms with van der Waals surface area (Å²) in [6.45, 7) is 4.16. The van der Waals surface area contributed by atoms with Gasteiger partial charge in [0.05, 0.1) is 27.7 Å². The van der Waals surface area contributed by atoms with Gasteiger partial charge in [-0.2, -0.15) is 0 Å². The molecule has 0 heterocycles. The van der Waals surface area contributed by atoms with Crippen LogP contribution in [0.15, 0.2) is 97.2 Å². The molecule has 0 aliphatic rings. The van der Waals surface area contributed by atoms with Gasteiger partial charge in [-0.15, -0.1) is 0 Å². The minimum Gasteiger partial charge on any atom is -0.462 e. The Kier molecular flexibility index (Phi) is 42.9. The number of quaternary nitrogens is 1. The number of likely N-dealkylation sites (N-methyl/N-ethyl adjacent to an activating group) is 1. The van der Waals surface area contributed by atoms with Gasteiger partial charge in [-0.1, -0.05) is 175 Å². The number of phosphoric acid groups is 1. The maximum atomic E-state index is 12.8. The highest BCUT2D eigenvalue weighted by Gasteiger charge is 2.27. The van der Waals surface area contributed by atoms with Gasteiger partial charge in [0.1, 0.15) is 19.8 Å². The summed E-state index contributed by atoms with van der Waals surface area (Å²) in [5, 5.41) is 0. The summed E-state index contributed by atoms with van der Waals surface area (Å²) in [6.07, 6.45) is 60.2. The van der Waals surface area contributed by atoms with Crippen LogP contribution in [0.3, 0.4) is 0 Å². The molecule has 0 fully saturated rings. The number of carbonyl (C=O) groups excluding carboxylic acids is 2. The molecule has 0 saturated carbocycles. The number of carbonyl (C=O) groups is 2. The molecule has 64 heavy (non-hydrogen) atoms. The molecule has 0 radical (unpaired) electrons. The van der Waals surface area contributed by atoms with Crippen LogP contribution in [0.5, 0.6) is 0 Å². The lowest BCUT2D eigenvalue weighted by Crippen LogP contribution is -2.37. The molecule has 0 aromatic heterocycles. The van der Waals surface area contributed by atoms with Crippen LogP contribution in [0.25, 0.3) is 0 Å². The van der Waals surface area contributed by atoms with Gasteiger partial charge in [0.25, 0.3) is 0 Å². The molecule has 0 spiro atoms. The third-order valence-corrected chi connectivity index (χ3v) is 11.1. The van der Waals surface area contributed by atoms with Crippen LogP contribution in [0.1, 0.15) is 181 Å². The number of ether oxygens (including phenoxy) is 2. The van der Waals surface area contributed by atoms with Gasteiger partial charge in [0.15, 0.2) is 6.10 Å². The van der Waals surface area contributed by atoms with Crippen LogP contribution >= 0.6 is 7.82 Å². The Balaban J connectivity index is 4.33. The lowest BCUT2D eigenvalue weighted by molar-refractivity contribution is -0.870. The Hall–Kier alpha value is -3.07. The fraction of sp³-hybridized carbons (Fsp3) is 0.667. The van der Waals surface area contributed by atoms with E-state index in [1.54, 1.807) is 0 Å². The van der Waals surface area contributed by atoms with E-state index in [-0.39, 0.29) is 32.0 Å². The predicted octanol–water partition coefficient (Wildman–Crippen LogP) is 14.9. The number of hydrogen-bond donors (Lipinski definition) is 1. The third kappa shape index (κ3) is 48.4. The van der Waals surface area contributed by atoms with Crippen molar-refractivity contribution < 1.29 is 42.1 Å². The Morgan fingerprint density at radius 2 is 0.844 bits per heavy atom. The molecule has 2 atom stereocenters. The van der Waals surface area contributed by atoms with E-state index in [9.17, 15) is 19.0 Å². The van der Waals surface area contributed by atoms with Crippen molar-refractivity contribution in [2.75, 3.05) is 47.5 Å². The highest BCUT2D eigenvalue weighted by Crippen LogP contribution is 2.43. The van der Waals surface area contributed by atoms with Crippen LogP contribution in [-0.4, -0.2) is 74.9 Å². The summed E-state index contributed by atoms with van der Waals surface area (Å²) in [6, 6.07) is 0. The molecule has 0 aliphatic carbocycles. The van der Waals surface area contributed by atoms with Gasteiger partial charge >= 0.3 is 19.8 Å². The second-order valence-electron chi connectivity index (χ2n) is 17.4. The monoisotopic (exact) mass is 915 g/mol. The number of hydrogen-bond acceptors (Lipinski definition) is 7. The molecule has 0 aliphatic heterocycles. The molecule has 0 rings (SSSR count). The highest BCUT2D eigenvalue weighted by atomic mass is 31.2. The molecule has 0 aromatic rings. The Morgan fingerprint density at radius 3 is 1.25 bits per heavy atom. The van der Waals surface area contributed by atoms with Gasteiger partial charge in [-0.25, -0.2) is 4.57 Å². The topological polar surface area (TPSA) is 108 Å². The molecule has 9 nitrogen and oxygen atoms in total. The van der Waals surface area contributed by atoms with E-state index >= 15 is 0 Å². The van der Waals surface area contributed by atoms with E-state index < -0.39 is 26.5 Å². The predicted molar refractivity (Wildman–Crippen MR) is 270 cm³/mol. The molecule has 0 bridgehead atoms. The average molecular weight is 915 g/mol.